The molecule has 0 saturated heterocycles. The molecule has 0 saturated carbocycles. The van der Waals surface area contributed by atoms with Crippen LogP contribution in [0.3, 0.4) is 0 Å². The molecule has 0 bridgehead atoms. The summed E-state index contributed by atoms with van der Waals surface area (Å²) in [5.41, 5.74) is 3.79. The maximum absolute atomic E-state index is 12.9. The lowest BCUT2D eigenvalue weighted by molar-refractivity contribution is -0.113. The Balaban J connectivity index is 1.51. The quantitative estimate of drug-likeness (QED) is 0.242. The minimum absolute atomic E-state index is 0.0333. The zero-order valence-electron chi connectivity index (χ0n) is 14.3. The third-order valence-corrected chi connectivity index (χ3v) is 4.32. The van der Waals surface area contributed by atoms with E-state index in [4.69, 9.17) is 5.84 Å². The number of rotatable bonds is 7. The Labute approximate surface area is 162 Å². The molecule has 144 valence electrons. The van der Waals surface area contributed by atoms with Crippen LogP contribution in [-0.4, -0.2) is 32.7 Å². The SMILES string of the molecule is Nn1c(N/N=C/c2ccc(F)cc2)nnc1SCC(=O)Nc1ccc(F)cc1. The number of amides is 1. The Morgan fingerprint density at radius 1 is 1.11 bits per heavy atom. The number of halogens is 2. The normalized spacial score (nSPS) is 10.9. The molecular weight excluding hydrogens is 388 g/mol. The van der Waals surface area contributed by atoms with E-state index >= 15 is 0 Å². The van der Waals surface area contributed by atoms with Gasteiger partial charge >= 0.3 is 0 Å². The number of benzene rings is 2. The summed E-state index contributed by atoms with van der Waals surface area (Å²) in [6.45, 7) is 0. The van der Waals surface area contributed by atoms with Crippen LogP contribution in [0.4, 0.5) is 20.4 Å². The number of hydrazone groups is 1. The topological polar surface area (TPSA) is 110 Å². The lowest BCUT2D eigenvalue weighted by Crippen LogP contribution is -2.16. The molecule has 0 atom stereocenters. The van der Waals surface area contributed by atoms with Gasteiger partial charge in [-0.05, 0) is 42.0 Å². The van der Waals surface area contributed by atoms with E-state index in [2.05, 4.69) is 26.0 Å². The maximum Gasteiger partial charge on any atom is 0.264 e. The second kappa shape index (κ2) is 8.95. The van der Waals surface area contributed by atoms with Crippen LogP contribution in [0.5, 0.6) is 0 Å². The Kier molecular flexibility index (Phi) is 6.17. The zero-order chi connectivity index (χ0) is 19.9. The van der Waals surface area contributed by atoms with E-state index in [0.717, 1.165) is 16.4 Å². The Hall–Kier alpha value is -3.47. The number of carbonyl (C=O) groups excluding carboxylic acids is 1. The molecule has 0 unspecified atom stereocenters. The van der Waals surface area contributed by atoms with Gasteiger partial charge in [0.15, 0.2) is 0 Å². The Morgan fingerprint density at radius 2 is 1.75 bits per heavy atom. The first-order valence-electron chi connectivity index (χ1n) is 7.94. The van der Waals surface area contributed by atoms with Gasteiger partial charge in [-0.2, -0.15) is 5.10 Å². The van der Waals surface area contributed by atoms with Gasteiger partial charge in [0.05, 0.1) is 12.0 Å². The van der Waals surface area contributed by atoms with E-state index in [1.807, 2.05) is 0 Å². The van der Waals surface area contributed by atoms with Gasteiger partial charge < -0.3 is 11.2 Å². The van der Waals surface area contributed by atoms with Crippen molar-refractivity contribution in [2.75, 3.05) is 22.3 Å². The van der Waals surface area contributed by atoms with E-state index in [1.54, 1.807) is 12.1 Å². The first-order chi connectivity index (χ1) is 13.5. The van der Waals surface area contributed by atoms with Crippen molar-refractivity contribution in [2.24, 2.45) is 5.10 Å². The zero-order valence-corrected chi connectivity index (χ0v) is 15.2. The van der Waals surface area contributed by atoms with Gasteiger partial charge in [0.25, 0.3) is 5.95 Å². The molecule has 2 aromatic carbocycles. The first kappa shape index (κ1) is 19.3. The lowest BCUT2D eigenvalue weighted by atomic mass is 10.2. The summed E-state index contributed by atoms with van der Waals surface area (Å²) >= 11 is 1.07. The van der Waals surface area contributed by atoms with Crippen molar-refractivity contribution >= 4 is 35.5 Å². The number of hydrogen-bond donors (Lipinski definition) is 3. The molecule has 3 rings (SSSR count). The van der Waals surface area contributed by atoms with Crippen LogP contribution < -0.4 is 16.6 Å². The summed E-state index contributed by atoms with van der Waals surface area (Å²) in [6.07, 6.45) is 1.47. The smallest absolute Gasteiger partial charge is 0.264 e. The summed E-state index contributed by atoms with van der Waals surface area (Å²) in [7, 11) is 0. The van der Waals surface area contributed by atoms with Gasteiger partial charge in [-0.25, -0.2) is 18.9 Å². The molecule has 4 N–H and O–H groups in total. The molecule has 1 heterocycles. The third-order valence-electron chi connectivity index (χ3n) is 3.37. The number of carbonyl (C=O) groups is 1. The van der Waals surface area contributed by atoms with Gasteiger partial charge in [0, 0.05) is 5.69 Å². The number of nitrogens with one attached hydrogen (secondary N) is 2. The molecule has 1 amide bonds. The Bertz CT molecular complexity index is 974. The molecule has 0 aliphatic heterocycles. The number of nitrogens with zero attached hydrogens (tertiary/aromatic N) is 4. The fourth-order valence-corrected chi connectivity index (χ4v) is 2.68. The highest BCUT2D eigenvalue weighted by molar-refractivity contribution is 7.99. The fraction of sp³-hybridized carbons (Fsp3) is 0.0588. The van der Waals surface area contributed by atoms with Crippen molar-refractivity contribution in [1.82, 2.24) is 14.9 Å². The summed E-state index contributed by atoms with van der Waals surface area (Å²) < 4.78 is 26.9. The predicted molar refractivity (Wildman–Crippen MR) is 104 cm³/mol. The largest absolute Gasteiger partial charge is 0.334 e. The van der Waals surface area contributed by atoms with E-state index in [9.17, 15) is 13.6 Å². The molecule has 28 heavy (non-hydrogen) atoms. The number of hydrogen-bond acceptors (Lipinski definition) is 7. The summed E-state index contributed by atoms with van der Waals surface area (Å²) in [4.78, 5) is 12.0. The van der Waals surface area contributed by atoms with Gasteiger partial charge in [-0.15, -0.1) is 10.2 Å². The highest BCUT2D eigenvalue weighted by Gasteiger charge is 2.12. The molecule has 0 fully saturated rings. The maximum atomic E-state index is 12.9. The van der Waals surface area contributed by atoms with Gasteiger partial charge in [-0.3, -0.25) is 4.79 Å². The van der Waals surface area contributed by atoms with Crippen LogP contribution in [0.15, 0.2) is 58.8 Å². The second-order valence-corrected chi connectivity index (χ2v) is 6.38. The molecule has 8 nitrogen and oxygen atoms in total. The van der Waals surface area contributed by atoms with Crippen molar-refractivity contribution in [1.29, 1.82) is 0 Å². The van der Waals surface area contributed by atoms with Crippen molar-refractivity contribution < 1.29 is 13.6 Å². The molecule has 0 spiro atoms. The second-order valence-electron chi connectivity index (χ2n) is 5.44. The van der Waals surface area contributed by atoms with Crippen LogP contribution >= 0.6 is 11.8 Å². The lowest BCUT2D eigenvalue weighted by Gasteiger charge is -2.05. The number of nitrogens with two attached hydrogens (primary N) is 1. The van der Waals surface area contributed by atoms with Crippen molar-refractivity contribution in [3.8, 4) is 0 Å². The van der Waals surface area contributed by atoms with E-state index in [1.165, 1.54) is 42.6 Å². The number of thioether (sulfide) groups is 1. The summed E-state index contributed by atoms with van der Waals surface area (Å²) in [5, 5.41) is 14.6. The molecule has 0 aliphatic carbocycles. The average molecular weight is 403 g/mol. The number of aromatic nitrogens is 3. The van der Waals surface area contributed by atoms with E-state index in [-0.39, 0.29) is 29.2 Å². The first-order valence-corrected chi connectivity index (χ1v) is 8.93. The number of nitrogen functional groups attached to an aromatic ring is 1. The van der Waals surface area contributed by atoms with E-state index < -0.39 is 0 Å². The minimum atomic E-state index is -0.384. The minimum Gasteiger partial charge on any atom is -0.334 e. The summed E-state index contributed by atoms with van der Waals surface area (Å²) in [6, 6.07) is 11.2. The van der Waals surface area contributed by atoms with Crippen LogP contribution in [0.25, 0.3) is 0 Å². The van der Waals surface area contributed by atoms with Gasteiger partial charge in [0.2, 0.25) is 11.1 Å². The van der Waals surface area contributed by atoms with Crippen molar-refractivity contribution in [3.05, 3.63) is 65.7 Å². The van der Waals surface area contributed by atoms with Crippen molar-refractivity contribution in [3.63, 3.8) is 0 Å². The highest BCUT2D eigenvalue weighted by Crippen LogP contribution is 2.17. The van der Waals surface area contributed by atoms with E-state index in [0.29, 0.717) is 16.4 Å². The predicted octanol–water partition coefficient (Wildman–Crippen LogP) is 2.45. The van der Waals surface area contributed by atoms with Gasteiger partial charge in [-0.1, -0.05) is 23.9 Å². The third kappa shape index (κ3) is 5.27. The van der Waals surface area contributed by atoms with Crippen LogP contribution in [0.2, 0.25) is 0 Å². The van der Waals surface area contributed by atoms with Crippen LogP contribution in [0, 0.1) is 11.6 Å². The molecule has 0 aliphatic rings. The van der Waals surface area contributed by atoms with Gasteiger partial charge in [0.1, 0.15) is 11.6 Å². The average Bonchev–Trinajstić information content (AvgIpc) is 3.03. The standard InChI is InChI=1S/C17H15F2N7OS/c18-12-3-1-11(2-4-12)9-21-23-16-24-25-17(26(16)20)28-10-15(27)22-14-7-5-13(19)6-8-14/h1-9H,10,20H2,(H,22,27)(H,23,24)/b21-9+. The summed E-state index contributed by atoms with van der Waals surface area (Å²) in [5.74, 6) is 5.05. The molecule has 3 aromatic rings. The monoisotopic (exact) mass is 403 g/mol. The molecule has 11 heteroatoms. The molecule has 1 aromatic heterocycles. The molecular formula is C17H15F2N7OS. The molecule has 0 radical (unpaired) electrons. The highest BCUT2D eigenvalue weighted by atomic mass is 32.2. The Morgan fingerprint density at radius 3 is 2.43 bits per heavy atom. The van der Waals surface area contributed by atoms with Crippen LogP contribution in [-0.2, 0) is 4.79 Å². The van der Waals surface area contributed by atoms with Crippen molar-refractivity contribution in [2.45, 2.75) is 5.16 Å². The number of anilines is 2. The van der Waals surface area contributed by atoms with Crippen LogP contribution in [0.1, 0.15) is 5.56 Å². The fourth-order valence-electron chi connectivity index (χ4n) is 2.03.